The van der Waals surface area contributed by atoms with Gasteiger partial charge in [-0.05, 0) is 44.2 Å². The average Bonchev–Trinajstić information content (AvgIpc) is 2.55. The summed E-state index contributed by atoms with van der Waals surface area (Å²) in [7, 11) is 0. The molecule has 1 aromatic carbocycles. The molecule has 0 bridgehead atoms. The highest BCUT2D eigenvalue weighted by Crippen LogP contribution is 2.33. The molecule has 1 saturated carbocycles. The van der Waals surface area contributed by atoms with Crippen molar-refractivity contribution in [3.8, 4) is 5.75 Å². The Kier molecular flexibility index (Phi) is 4.44. The van der Waals surface area contributed by atoms with Crippen LogP contribution in [0.1, 0.15) is 43.7 Å². The van der Waals surface area contributed by atoms with E-state index >= 15 is 0 Å². The second kappa shape index (κ2) is 6.48. The van der Waals surface area contributed by atoms with Crippen LogP contribution in [0.15, 0.2) is 24.3 Å². The number of amides is 1. The van der Waals surface area contributed by atoms with Crippen molar-refractivity contribution in [2.75, 3.05) is 13.2 Å². The number of hydrogen-bond donors (Lipinski definition) is 2. The van der Waals surface area contributed by atoms with Crippen molar-refractivity contribution in [1.29, 1.82) is 0 Å². The molecule has 1 fully saturated rings. The lowest BCUT2D eigenvalue weighted by atomic mass is 9.81. The normalized spacial score (nSPS) is 28.3. The number of hydrogen-bond acceptors (Lipinski definition) is 3. The number of nitrogens with two attached hydrogens (primary N) is 1. The highest BCUT2D eigenvalue weighted by molar-refractivity contribution is 5.79. The number of fused-ring (bicyclic) bond motifs is 1. The van der Waals surface area contributed by atoms with Crippen molar-refractivity contribution in [3.05, 3.63) is 29.8 Å². The molecule has 4 heteroatoms. The smallest absolute Gasteiger partial charge is 0.223 e. The van der Waals surface area contributed by atoms with Crippen LogP contribution in [0.4, 0.5) is 0 Å². The first kappa shape index (κ1) is 14.4. The third-order valence-corrected chi connectivity index (χ3v) is 4.83. The van der Waals surface area contributed by atoms with E-state index in [1.165, 1.54) is 0 Å². The molecular formula is C17H24N2O2. The summed E-state index contributed by atoms with van der Waals surface area (Å²) < 4.78 is 5.64. The molecule has 4 nitrogen and oxygen atoms in total. The number of rotatable bonds is 3. The molecule has 114 valence electrons. The Morgan fingerprint density at radius 3 is 2.71 bits per heavy atom. The molecule has 1 amide bonds. The fourth-order valence-corrected chi connectivity index (χ4v) is 3.44. The molecule has 1 aliphatic heterocycles. The Labute approximate surface area is 126 Å². The minimum absolute atomic E-state index is 0.0923. The Morgan fingerprint density at radius 2 is 1.95 bits per heavy atom. The van der Waals surface area contributed by atoms with Gasteiger partial charge in [0.05, 0.1) is 12.6 Å². The molecule has 1 aliphatic carbocycles. The zero-order valence-corrected chi connectivity index (χ0v) is 12.4. The molecule has 1 aromatic rings. The van der Waals surface area contributed by atoms with Gasteiger partial charge in [-0.1, -0.05) is 18.2 Å². The van der Waals surface area contributed by atoms with E-state index in [4.69, 9.17) is 10.5 Å². The molecule has 1 unspecified atom stereocenters. The van der Waals surface area contributed by atoms with Gasteiger partial charge in [0.1, 0.15) is 5.75 Å². The van der Waals surface area contributed by atoms with E-state index in [0.717, 1.165) is 50.0 Å². The molecule has 1 atom stereocenters. The molecule has 1 heterocycles. The van der Waals surface area contributed by atoms with Crippen molar-refractivity contribution in [1.82, 2.24) is 5.32 Å². The van der Waals surface area contributed by atoms with Gasteiger partial charge in [0.2, 0.25) is 5.91 Å². The van der Waals surface area contributed by atoms with Crippen LogP contribution in [0.2, 0.25) is 0 Å². The van der Waals surface area contributed by atoms with Crippen molar-refractivity contribution < 1.29 is 9.53 Å². The fraction of sp³-hybridized carbons (Fsp3) is 0.588. The van der Waals surface area contributed by atoms with Crippen LogP contribution in [0, 0.1) is 11.8 Å². The van der Waals surface area contributed by atoms with Crippen LogP contribution in [0.3, 0.4) is 0 Å². The van der Waals surface area contributed by atoms with E-state index in [2.05, 4.69) is 5.32 Å². The van der Waals surface area contributed by atoms with E-state index in [0.29, 0.717) is 12.5 Å². The lowest BCUT2D eigenvalue weighted by Crippen LogP contribution is -2.38. The highest BCUT2D eigenvalue weighted by atomic mass is 16.5. The quantitative estimate of drug-likeness (QED) is 0.897. The number of carbonyl (C=O) groups excluding carboxylic acids is 1. The summed E-state index contributed by atoms with van der Waals surface area (Å²) in [6.07, 6.45) is 4.95. The van der Waals surface area contributed by atoms with E-state index in [-0.39, 0.29) is 17.9 Å². The molecule has 3 N–H and O–H groups in total. The van der Waals surface area contributed by atoms with Gasteiger partial charge >= 0.3 is 0 Å². The maximum Gasteiger partial charge on any atom is 0.223 e. The molecular weight excluding hydrogens is 264 g/mol. The SMILES string of the molecule is NCC1CCC(C(=O)NC2CCOc3ccccc32)CC1. The lowest BCUT2D eigenvalue weighted by Gasteiger charge is -2.31. The average molecular weight is 288 g/mol. The summed E-state index contributed by atoms with van der Waals surface area (Å²) in [5, 5.41) is 3.23. The number of carbonyl (C=O) groups is 1. The van der Waals surface area contributed by atoms with Gasteiger partial charge in [0.25, 0.3) is 0 Å². The zero-order valence-electron chi connectivity index (χ0n) is 12.4. The van der Waals surface area contributed by atoms with Crippen molar-refractivity contribution in [2.24, 2.45) is 17.6 Å². The Bertz CT molecular complexity index is 495. The number of para-hydroxylation sites is 1. The first-order valence-electron chi connectivity index (χ1n) is 8.00. The maximum atomic E-state index is 12.5. The Hall–Kier alpha value is -1.55. The van der Waals surface area contributed by atoms with Crippen LogP contribution < -0.4 is 15.8 Å². The Balaban J connectivity index is 1.61. The third-order valence-electron chi connectivity index (χ3n) is 4.83. The molecule has 0 radical (unpaired) electrons. The predicted molar refractivity (Wildman–Crippen MR) is 81.9 cm³/mol. The van der Waals surface area contributed by atoms with E-state index in [9.17, 15) is 4.79 Å². The van der Waals surface area contributed by atoms with Crippen LogP contribution in [0.5, 0.6) is 5.75 Å². The molecule has 21 heavy (non-hydrogen) atoms. The summed E-state index contributed by atoms with van der Waals surface area (Å²) in [6, 6.07) is 8.08. The number of benzene rings is 1. The van der Waals surface area contributed by atoms with Gasteiger partial charge in [-0.3, -0.25) is 4.79 Å². The molecule has 0 spiro atoms. The largest absolute Gasteiger partial charge is 0.493 e. The summed E-state index contributed by atoms with van der Waals surface area (Å²) in [6.45, 7) is 1.42. The topological polar surface area (TPSA) is 64.4 Å². The van der Waals surface area contributed by atoms with Gasteiger partial charge in [0, 0.05) is 17.9 Å². The van der Waals surface area contributed by atoms with E-state index < -0.39 is 0 Å². The minimum Gasteiger partial charge on any atom is -0.493 e. The minimum atomic E-state index is 0.0923. The summed E-state index contributed by atoms with van der Waals surface area (Å²) in [4.78, 5) is 12.5. The van der Waals surface area contributed by atoms with Gasteiger partial charge in [0.15, 0.2) is 0 Å². The van der Waals surface area contributed by atoms with Crippen molar-refractivity contribution in [2.45, 2.75) is 38.1 Å². The van der Waals surface area contributed by atoms with Crippen LogP contribution in [-0.4, -0.2) is 19.1 Å². The van der Waals surface area contributed by atoms with Gasteiger partial charge in [-0.15, -0.1) is 0 Å². The molecule has 2 aliphatic rings. The number of nitrogens with one attached hydrogen (secondary N) is 1. The van der Waals surface area contributed by atoms with Gasteiger partial charge in [-0.2, -0.15) is 0 Å². The molecule has 0 saturated heterocycles. The molecule has 3 rings (SSSR count). The number of ether oxygens (including phenoxy) is 1. The van der Waals surface area contributed by atoms with Crippen LogP contribution in [-0.2, 0) is 4.79 Å². The van der Waals surface area contributed by atoms with Crippen LogP contribution in [0.25, 0.3) is 0 Å². The standard InChI is InChI=1S/C17H24N2O2/c18-11-12-5-7-13(8-6-12)17(20)19-15-9-10-21-16-4-2-1-3-14(15)16/h1-4,12-13,15H,5-11,18H2,(H,19,20). The maximum absolute atomic E-state index is 12.5. The van der Waals surface area contributed by atoms with E-state index in [1.54, 1.807) is 0 Å². The van der Waals surface area contributed by atoms with Gasteiger partial charge in [-0.25, -0.2) is 0 Å². The first-order valence-corrected chi connectivity index (χ1v) is 8.00. The Morgan fingerprint density at radius 1 is 1.19 bits per heavy atom. The predicted octanol–water partition coefficient (Wildman–Crippen LogP) is 2.39. The summed E-state index contributed by atoms with van der Waals surface area (Å²) in [5.74, 6) is 1.87. The zero-order chi connectivity index (χ0) is 14.7. The van der Waals surface area contributed by atoms with E-state index in [1.807, 2.05) is 24.3 Å². The fourth-order valence-electron chi connectivity index (χ4n) is 3.44. The highest BCUT2D eigenvalue weighted by Gasteiger charge is 2.29. The third kappa shape index (κ3) is 3.21. The van der Waals surface area contributed by atoms with Gasteiger partial charge < -0.3 is 15.8 Å². The second-order valence-electron chi connectivity index (χ2n) is 6.19. The van der Waals surface area contributed by atoms with Crippen molar-refractivity contribution in [3.63, 3.8) is 0 Å². The van der Waals surface area contributed by atoms with Crippen molar-refractivity contribution >= 4 is 5.91 Å². The monoisotopic (exact) mass is 288 g/mol. The van der Waals surface area contributed by atoms with Crippen LogP contribution >= 0.6 is 0 Å². The molecule has 0 aromatic heterocycles. The summed E-state index contributed by atoms with van der Waals surface area (Å²) >= 11 is 0. The lowest BCUT2D eigenvalue weighted by molar-refractivity contribution is -0.127. The first-order chi connectivity index (χ1) is 10.3. The summed E-state index contributed by atoms with van der Waals surface area (Å²) in [5.41, 5.74) is 6.82. The second-order valence-corrected chi connectivity index (χ2v) is 6.19.